The van der Waals surface area contributed by atoms with Crippen molar-refractivity contribution in [3.05, 3.63) is 0 Å². The molecule has 3 nitrogen and oxygen atoms in total. The van der Waals surface area contributed by atoms with Gasteiger partial charge in [0.1, 0.15) is 4.75 Å². The molecule has 1 saturated heterocycles. The van der Waals surface area contributed by atoms with Crippen LogP contribution in [0.4, 0.5) is 0 Å². The van der Waals surface area contributed by atoms with Gasteiger partial charge in [0.05, 0.1) is 5.04 Å². The van der Waals surface area contributed by atoms with E-state index in [1.165, 1.54) is 58.2 Å². The van der Waals surface area contributed by atoms with E-state index in [2.05, 4.69) is 30.7 Å². The molecule has 4 aliphatic rings. The Kier molecular flexibility index (Phi) is 5.54. The number of thioether (sulfide) groups is 1. The van der Waals surface area contributed by atoms with E-state index in [-0.39, 0.29) is 10.7 Å². The van der Waals surface area contributed by atoms with Crippen LogP contribution in [0.15, 0.2) is 4.99 Å². The summed E-state index contributed by atoms with van der Waals surface area (Å²) in [5.41, 5.74) is 0. The normalized spacial score (nSPS) is 38.5. The quantitative estimate of drug-likeness (QED) is 0.654. The maximum atomic E-state index is 12.7. The molecule has 0 spiro atoms. The smallest absolute Gasteiger partial charge is 0.262 e. The lowest BCUT2D eigenvalue weighted by Crippen LogP contribution is -2.39. The van der Waals surface area contributed by atoms with Gasteiger partial charge in [-0.3, -0.25) is 4.79 Å². The number of piperidine rings is 1. The van der Waals surface area contributed by atoms with Crippen LogP contribution in [0.2, 0.25) is 0 Å². The molecule has 0 radical (unpaired) electrons. The van der Waals surface area contributed by atoms with Crippen LogP contribution in [0.3, 0.4) is 0 Å². The summed E-state index contributed by atoms with van der Waals surface area (Å²) in [6.07, 6.45) is 10.3. The molecule has 146 valence electrons. The average Bonchev–Trinajstić information content (AvgIpc) is 3.25. The second kappa shape index (κ2) is 7.58. The van der Waals surface area contributed by atoms with Crippen molar-refractivity contribution in [1.82, 2.24) is 4.90 Å². The molecule has 3 fully saturated rings. The summed E-state index contributed by atoms with van der Waals surface area (Å²) >= 11 is 1.83. The Labute approximate surface area is 163 Å². The number of likely N-dealkylation sites (tertiary alicyclic amines) is 1. The highest BCUT2D eigenvalue weighted by atomic mass is 32.2. The van der Waals surface area contributed by atoms with Crippen molar-refractivity contribution < 1.29 is 4.79 Å². The first-order valence-electron chi connectivity index (χ1n) is 10.9. The third kappa shape index (κ3) is 4.06. The van der Waals surface area contributed by atoms with Gasteiger partial charge in [0.15, 0.2) is 0 Å². The Morgan fingerprint density at radius 1 is 1.19 bits per heavy atom. The lowest BCUT2D eigenvalue weighted by molar-refractivity contribution is -0.119. The molecule has 2 aliphatic heterocycles. The van der Waals surface area contributed by atoms with Crippen LogP contribution in [0, 0.1) is 29.6 Å². The molecule has 1 amide bonds. The van der Waals surface area contributed by atoms with E-state index < -0.39 is 0 Å². The number of hydrogen-bond acceptors (Lipinski definition) is 3. The standard InChI is InChI=1S/C22H36N2OS/c1-15(2)14-24-8-6-16(7-9-24)13-22(3)21(25)23-20(26-22)12-19-11-17-4-5-18(19)10-17/h15-19H,4-14H2,1-3H3/t17-,18+,19-,22?/m1/s1. The molecule has 0 aromatic rings. The minimum atomic E-state index is -0.280. The molecule has 2 heterocycles. The third-order valence-electron chi connectivity index (χ3n) is 7.35. The Bertz CT molecular complexity index is 566. The number of amides is 1. The van der Waals surface area contributed by atoms with Gasteiger partial charge in [-0.05, 0) is 94.5 Å². The largest absolute Gasteiger partial charge is 0.303 e. The summed E-state index contributed by atoms with van der Waals surface area (Å²) < 4.78 is -0.280. The lowest BCUT2D eigenvalue weighted by Gasteiger charge is -2.35. The van der Waals surface area contributed by atoms with Crippen molar-refractivity contribution in [1.29, 1.82) is 0 Å². The summed E-state index contributed by atoms with van der Waals surface area (Å²) in [5, 5.41) is 1.16. The predicted molar refractivity (Wildman–Crippen MR) is 111 cm³/mol. The van der Waals surface area contributed by atoms with E-state index in [0.717, 1.165) is 41.6 Å². The second-order valence-electron chi connectivity index (χ2n) is 10.1. The number of carbonyl (C=O) groups excluding carboxylic acids is 1. The Balaban J connectivity index is 1.27. The number of rotatable bonds is 6. The lowest BCUT2D eigenvalue weighted by atomic mass is 9.86. The maximum Gasteiger partial charge on any atom is 0.262 e. The van der Waals surface area contributed by atoms with Crippen molar-refractivity contribution in [2.45, 2.75) is 76.9 Å². The van der Waals surface area contributed by atoms with Crippen molar-refractivity contribution in [3.63, 3.8) is 0 Å². The number of hydrogen-bond donors (Lipinski definition) is 0. The van der Waals surface area contributed by atoms with E-state index in [1.807, 2.05) is 11.8 Å². The fraction of sp³-hybridized carbons (Fsp3) is 0.909. The molecule has 0 aromatic heterocycles. The zero-order valence-corrected chi connectivity index (χ0v) is 17.7. The van der Waals surface area contributed by atoms with Gasteiger partial charge in [-0.15, -0.1) is 0 Å². The minimum absolute atomic E-state index is 0.158. The van der Waals surface area contributed by atoms with Gasteiger partial charge < -0.3 is 4.90 Å². The number of nitrogens with zero attached hydrogens (tertiary/aromatic N) is 2. The fourth-order valence-corrected chi connectivity index (χ4v) is 7.46. The molecule has 0 aromatic carbocycles. The van der Waals surface area contributed by atoms with E-state index in [9.17, 15) is 4.79 Å². The van der Waals surface area contributed by atoms with Crippen LogP contribution in [0.5, 0.6) is 0 Å². The van der Waals surface area contributed by atoms with Gasteiger partial charge in [0, 0.05) is 6.54 Å². The molecule has 26 heavy (non-hydrogen) atoms. The van der Waals surface area contributed by atoms with E-state index in [1.54, 1.807) is 0 Å². The van der Waals surface area contributed by atoms with Crippen LogP contribution >= 0.6 is 11.8 Å². The van der Waals surface area contributed by atoms with Crippen LogP contribution < -0.4 is 0 Å². The molecule has 4 rings (SSSR count). The van der Waals surface area contributed by atoms with Crippen LogP contribution in [-0.2, 0) is 4.79 Å². The van der Waals surface area contributed by atoms with Gasteiger partial charge in [-0.1, -0.05) is 32.0 Å². The summed E-state index contributed by atoms with van der Waals surface area (Å²) in [6, 6.07) is 0. The number of aliphatic imine (C=N–C) groups is 1. The average molecular weight is 377 g/mol. The van der Waals surface area contributed by atoms with Gasteiger partial charge in [0.25, 0.3) is 5.91 Å². The van der Waals surface area contributed by atoms with E-state index in [0.29, 0.717) is 5.92 Å². The summed E-state index contributed by atoms with van der Waals surface area (Å²) in [5.74, 6) is 4.32. The summed E-state index contributed by atoms with van der Waals surface area (Å²) in [7, 11) is 0. The topological polar surface area (TPSA) is 32.7 Å². The van der Waals surface area contributed by atoms with Crippen LogP contribution in [-0.4, -0.2) is 40.2 Å². The highest BCUT2D eigenvalue weighted by Crippen LogP contribution is 2.51. The van der Waals surface area contributed by atoms with Crippen molar-refractivity contribution in [3.8, 4) is 0 Å². The maximum absolute atomic E-state index is 12.7. The summed E-state index contributed by atoms with van der Waals surface area (Å²) in [6.45, 7) is 10.4. The van der Waals surface area contributed by atoms with Crippen LogP contribution in [0.25, 0.3) is 0 Å². The molecule has 0 N–H and O–H groups in total. The first kappa shape index (κ1) is 19.0. The number of fused-ring (bicyclic) bond motifs is 2. The Morgan fingerprint density at radius 2 is 1.96 bits per heavy atom. The molecule has 4 atom stereocenters. The molecule has 2 saturated carbocycles. The molecule has 4 heteroatoms. The van der Waals surface area contributed by atoms with E-state index >= 15 is 0 Å². The monoisotopic (exact) mass is 376 g/mol. The molecular formula is C22H36N2OS. The first-order valence-corrected chi connectivity index (χ1v) is 11.8. The third-order valence-corrected chi connectivity index (χ3v) is 8.64. The van der Waals surface area contributed by atoms with Gasteiger partial charge in [0.2, 0.25) is 0 Å². The number of carbonyl (C=O) groups is 1. The van der Waals surface area contributed by atoms with Gasteiger partial charge in [-0.2, -0.15) is 0 Å². The first-order chi connectivity index (χ1) is 12.4. The summed E-state index contributed by atoms with van der Waals surface area (Å²) in [4.78, 5) is 19.8. The highest BCUT2D eigenvalue weighted by Gasteiger charge is 2.45. The second-order valence-corrected chi connectivity index (χ2v) is 11.7. The van der Waals surface area contributed by atoms with E-state index in [4.69, 9.17) is 0 Å². The predicted octanol–water partition coefficient (Wildman–Crippen LogP) is 5.00. The van der Waals surface area contributed by atoms with Crippen LogP contribution in [0.1, 0.15) is 72.1 Å². The Hall–Kier alpha value is -0.350. The minimum Gasteiger partial charge on any atom is -0.303 e. The molecule has 1 unspecified atom stereocenters. The highest BCUT2D eigenvalue weighted by molar-refractivity contribution is 8.16. The zero-order valence-electron chi connectivity index (χ0n) is 16.9. The van der Waals surface area contributed by atoms with Gasteiger partial charge >= 0.3 is 0 Å². The van der Waals surface area contributed by atoms with Crippen molar-refractivity contribution in [2.75, 3.05) is 19.6 Å². The zero-order chi connectivity index (χ0) is 18.3. The molecular weight excluding hydrogens is 340 g/mol. The van der Waals surface area contributed by atoms with Crippen molar-refractivity contribution >= 4 is 22.7 Å². The Morgan fingerprint density at radius 3 is 2.58 bits per heavy atom. The van der Waals surface area contributed by atoms with Crippen molar-refractivity contribution in [2.24, 2.45) is 34.6 Å². The SMILES string of the molecule is CC(C)CN1CCC(CC2(C)SC(C[C@H]3C[C@@H]4CC[C@H]3C4)=NC2=O)CC1. The fourth-order valence-electron chi connectivity index (χ4n) is 6.07. The molecule has 2 aliphatic carbocycles. The molecule has 2 bridgehead atoms. The van der Waals surface area contributed by atoms with Gasteiger partial charge in [-0.25, -0.2) is 4.99 Å².